The van der Waals surface area contributed by atoms with Crippen molar-refractivity contribution in [2.24, 2.45) is 0 Å². The third-order valence-electron chi connectivity index (χ3n) is 5.03. The van der Waals surface area contributed by atoms with Gasteiger partial charge in [0, 0.05) is 45.5 Å². The Morgan fingerprint density at radius 2 is 1.97 bits per heavy atom. The van der Waals surface area contributed by atoms with Crippen molar-refractivity contribution in [2.45, 2.75) is 13.0 Å². The number of rotatable bonds is 6. The number of fused-ring (bicyclic) bond motifs is 1. The lowest BCUT2D eigenvalue weighted by atomic mass is 10.1. The highest BCUT2D eigenvalue weighted by Crippen LogP contribution is 2.33. The molecule has 2 aromatic carbocycles. The number of para-hydroxylation sites is 2. The predicted molar refractivity (Wildman–Crippen MR) is 113 cm³/mol. The topological polar surface area (TPSA) is 79.2 Å². The smallest absolute Gasteiger partial charge is 0.270 e. The summed E-state index contributed by atoms with van der Waals surface area (Å²) in [6, 6.07) is 12.2. The summed E-state index contributed by atoms with van der Waals surface area (Å²) in [5, 5.41) is 11.2. The largest absolute Gasteiger partial charge is 0.485 e. The number of non-ortho nitro benzene ring substituents is 1. The number of benzene rings is 2. The van der Waals surface area contributed by atoms with Crippen molar-refractivity contribution < 1.29 is 14.5 Å². The molecule has 1 atom stereocenters. The van der Waals surface area contributed by atoms with Gasteiger partial charge < -0.3 is 19.4 Å². The molecule has 8 heteroatoms. The predicted octanol–water partition coefficient (Wildman–Crippen LogP) is 3.02. The van der Waals surface area contributed by atoms with Crippen molar-refractivity contribution in [1.82, 2.24) is 4.90 Å². The lowest BCUT2D eigenvalue weighted by Gasteiger charge is -2.37. The quantitative estimate of drug-likeness (QED) is 0.550. The highest BCUT2D eigenvalue weighted by molar-refractivity contribution is 6.00. The summed E-state index contributed by atoms with van der Waals surface area (Å²) in [5.41, 5.74) is 1.88. The van der Waals surface area contributed by atoms with Crippen LogP contribution >= 0.6 is 0 Å². The van der Waals surface area contributed by atoms with Crippen LogP contribution in [0.1, 0.15) is 17.3 Å². The van der Waals surface area contributed by atoms with Crippen molar-refractivity contribution in [3.8, 4) is 5.75 Å². The van der Waals surface area contributed by atoms with Crippen LogP contribution in [0.25, 0.3) is 0 Å². The van der Waals surface area contributed by atoms with Gasteiger partial charge in [-0.3, -0.25) is 14.9 Å². The molecule has 1 aliphatic heterocycles. The second kappa shape index (κ2) is 8.38. The maximum Gasteiger partial charge on any atom is 0.270 e. The Balaban J connectivity index is 1.81. The second-order valence-electron chi connectivity index (χ2n) is 7.28. The molecular weight excluding hydrogens is 372 g/mol. The van der Waals surface area contributed by atoms with E-state index in [1.807, 2.05) is 24.3 Å². The van der Waals surface area contributed by atoms with Crippen molar-refractivity contribution in [1.29, 1.82) is 0 Å². The molecule has 1 unspecified atom stereocenters. The van der Waals surface area contributed by atoms with Gasteiger partial charge in [0.15, 0.2) is 0 Å². The van der Waals surface area contributed by atoms with Crippen LogP contribution in [-0.4, -0.2) is 62.6 Å². The highest BCUT2D eigenvalue weighted by atomic mass is 16.6. The summed E-state index contributed by atoms with van der Waals surface area (Å²) in [6.07, 6.45) is -0.194. The molecule has 0 spiro atoms. The number of nitrogens with zero attached hydrogens (tertiary/aromatic N) is 4. The molecule has 3 rings (SSSR count). The first-order valence-corrected chi connectivity index (χ1v) is 9.53. The van der Waals surface area contributed by atoms with E-state index < -0.39 is 4.92 Å². The van der Waals surface area contributed by atoms with Gasteiger partial charge in [-0.15, -0.1) is 0 Å². The number of amides is 1. The maximum absolute atomic E-state index is 13.1. The Bertz CT molecular complexity index is 915. The number of carbonyl (C=O) groups is 1. The van der Waals surface area contributed by atoms with Gasteiger partial charge in [0.2, 0.25) is 0 Å². The molecule has 0 aliphatic carbocycles. The monoisotopic (exact) mass is 398 g/mol. The van der Waals surface area contributed by atoms with Gasteiger partial charge in [-0.1, -0.05) is 12.1 Å². The van der Waals surface area contributed by atoms with Crippen LogP contribution in [-0.2, 0) is 0 Å². The minimum absolute atomic E-state index is 0.104. The fraction of sp³-hybridized carbons (Fsp3) is 0.381. The van der Waals surface area contributed by atoms with Crippen molar-refractivity contribution in [3.05, 3.63) is 58.1 Å². The Morgan fingerprint density at radius 1 is 1.24 bits per heavy atom. The number of carbonyl (C=O) groups excluding carboxylic acids is 1. The van der Waals surface area contributed by atoms with Crippen LogP contribution in [0.15, 0.2) is 42.5 Å². The molecular formula is C21H26N4O4. The standard InChI is InChI=1S/C21H26N4O4/c1-5-24-14-16(29-20-9-7-6-8-19(20)24)13-23(4)21(26)17-12-15(25(27)28)10-11-18(17)22(2)3/h6-12,16H,5,13-14H2,1-4H3. The minimum Gasteiger partial charge on any atom is -0.485 e. The summed E-state index contributed by atoms with van der Waals surface area (Å²) < 4.78 is 6.11. The van der Waals surface area contributed by atoms with E-state index in [4.69, 9.17) is 4.74 Å². The van der Waals surface area contributed by atoms with E-state index in [0.29, 0.717) is 24.3 Å². The van der Waals surface area contributed by atoms with Crippen LogP contribution in [0.3, 0.4) is 0 Å². The number of ether oxygens (including phenoxy) is 1. The average molecular weight is 398 g/mol. The molecule has 8 nitrogen and oxygen atoms in total. The highest BCUT2D eigenvalue weighted by Gasteiger charge is 2.28. The van der Waals surface area contributed by atoms with Crippen LogP contribution in [0.5, 0.6) is 5.75 Å². The number of anilines is 2. The van der Waals surface area contributed by atoms with Gasteiger partial charge in [0.1, 0.15) is 11.9 Å². The summed E-state index contributed by atoms with van der Waals surface area (Å²) in [5.74, 6) is 0.527. The lowest BCUT2D eigenvalue weighted by Crippen LogP contribution is -2.47. The zero-order valence-corrected chi connectivity index (χ0v) is 17.2. The molecule has 2 aromatic rings. The molecule has 1 heterocycles. The molecule has 154 valence electrons. The Kier molecular flexibility index (Phi) is 5.91. The van der Waals surface area contributed by atoms with Crippen LogP contribution in [0.4, 0.5) is 17.1 Å². The number of nitro groups is 1. The first-order valence-electron chi connectivity index (χ1n) is 9.53. The van der Waals surface area contributed by atoms with Gasteiger partial charge in [-0.05, 0) is 25.1 Å². The van der Waals surface area contributed by atoms with Crippen LogP contribution in [0.2, 0.25) is 0 Å². The second-order valence-corrected chi connectivity index (χ2v) is 7.28. The van der Waals surface area contributed by atoms with Gasteiger partial charge in [0.05, 0.1) is 29.3 Å². The maximum atomic E-state index is 13.1. The summed E-state index contributed by atoms with van der Waals surface area (Å²) in [4.78, 5) is 29.4. The van der Waals surface area contributed by atoms with E-state index >= 15 is 0 Å². The Labute approximate surface area is 170 Å². The molecule has 0 N–H and O–H groups in total. The average Bonchev–Trinajstić information content (AvgIpc) is 2.71. The van der Waals surface area contributed by atoms with Crippen molar-refractivity contribution in [2.75, 3.05) is 50.6 Å². The Morgan fingerprint density at radius 3 is 2.62 bits per heavy atom. The number of hydrogen-bond acceptors (Lipinski definition) is 6. The summed E-state index contributed by atoms with van der Waals surface area (Å²) >= 11 is 0. The van der Waals surface area contributed by atoms with Gasteiger partial charge in [0.25, 0.3) is 11.6 Å². The lowest BCUT2D eigenvalue weighted by molar-refractivity contribution is -0.384. The molecule has 1 amide bonds. The van der Waals surface area contributed by atoms with E-state index in [1.54, 1.807) is 37.0 Å². The molecule has 0 radical (unpaired) electrons. The molecule has 0 fully saturated rings. The fourth-order valence-electron chi connectivity index (χ4n) is 3.57. The van der Waals surface area contributed by atoms with Crippen LogP contribution < -0.4 is 14.5 Å². The van der Waals surface area contributed by atoms with Gasteiger partial charge in [-0.25, -0.2) is 0 Å². The summed E-state index contributed by atoms with van der Waals surface area (Å²) in [7, 11) is 5.30. The number of likely N-dealkylation sites (N-methyl/N-ethyl adjacent to an activating group) is 2. The normalized spacial score (nSPS) is 15.3. The van der Waals surface area contributed by atoms with Crippen molar-refractivity contribution >= 4 is 23.0 Å². The molecule has 0 saturated carbocycles. The van der Waals surface area contributed by atoms with E-state index in [9.17, 15) is 14.9 Å². The van der Waals surface area contributed by atoms with E-state index in [0.717, 1.165) is 18.0 Å². The zero-order valence-electron chi connectivity index (χ0n) is 17.2. The molecule has 1 aliphatic rings. The SMILES string of the molecule is CCN1CC(CN(C)C(=O)c2cc([N+](=O)[O-])ccc2N(C)C)Oc2ccccc21. The number of nitro benzene ring substituents is 1. The third kappa shape index (κ3) is 4.26. The summed E-state index contributed by atoms with van der Waals surface area (Å²) in [6.45, 7) is 3.96. The van der Waals surface area contributed by atoms with Crippen LogP contribution in [0, 0.1) is 10.1 Å². The Hall–Kier alpha value is -3.29. The minimum atomic E-state index is -0.490. The zero-order chi connectivity index (χ0) is 21.1. The third-order valence-corrected chi connectivity index (χ3v) is 5.03. The fourth-order valence-corrected chi connectivity index (χ4v) is 3.57. The van der Waals surface area contributed by atoms with Gasteiger partial charge in [-0.2, -0.15) is 0 Å². The number of hydrogen-bond donors (Lipinski definition) is 0. The van der Waals surface area contributed by atoms with Gasteiger partial charge >= 0.3 is 0 Å². The molecule has 0 aromatic heterocycles. The van der Waals surface area contributed by atoms with Crippen molar-refractivity contribution in [3.63, 3.8) is 0 Å². The first kappa shape index (κ1) is 20.4. The molecule has 29 heavy (non-hydrogen) atoms. The van der Waals surface area contributed by atoms with E-state index in [1.165, 1.54) is 12.1 Å². The molecule has 0 bridgehead atoms. The first-order chi connectivity index (χ1) is 13.8. The molecule has 0 saturated heterocycles. The van der Waals surface area contributed by atoms with E-state index in [-0.39, 0.29) is 17.7 Å². The van der Waals surface area contributed by atoms with E-state index in [2.05, 4.69) is 11.8 Å².